The number of fused-ring (bicyclic) bond motifs is 1. The van der Waals surface area contributed by atoms with Crippen molar-refractivity contribution in [1.82, 2.24) is 14.6 Å². The van der Waals surface area contributed by atoms with Crippen molar-refractivity contribution in [3.63, 3.8) is 0 Å². The number of aromatic amines is 1. The first-order valence-corrected chi connectivity index (χ1v) is 6.18. The topological polar surface area (TPSA) is 50.2 Å². The number of nitrogens with zero attached hydrogens (tertiary/aromatic N) is 2. The van der Waals surface area contributed by atoms with Crippen LogP contribution in [0, 0.1) is 0 Å². The molecule has 3 heterocycles. The van der Waals surface area contributed by atoms with Crippen molar-refractivity contribution in [3.05, 3.63) is 44.6 Å². The van der Waals surface area contributed by atoms with E-state index in [0.717, 1.165) is 14.4 Å². The summed E-state index contributed by atoms with van der Waals surface area (Å²) in [5.74, 6) is 0. The van der Waals surface area contributed by atoms with Gasteiger partial charge in [0.2, 0.25) is 0 Å². The van der Waals surface area contributed by atoms with E-state index in [1.807, 2.05) is 12.1 Å². The second kappa shape index (κ2) is 3.57. The van der Waals surface area contributed by atoms with Gasteiger partial charge in [0.25, 0.3) is 5.56 Å². The highest BCUT2D eigenvalue weighted by molar-refractivity contribution is 9.11. The van der Waals surface area contributed by atoms with Gasteiger partial charge in [0.05, 0.1) is 20.6 Å². The highest BCUT2D eigenvalue weighted by Gasteiger charge is 2.06. The number of H-pyrrole nitrogens is 1. The van der Waals surface area contributed by atoms with Crippen molar-refractivity contribution >= 4 is 32.9 Å². The molecule has 0 saturated heterocycles. The van der Waals surface area contributed by atoms with E-state index in [-0.39, 0.29) is 5.56 Å². The minimum absolute atomic E-state index is 0.127. The van der Waals surface area contributed by atoms with E-state index in [4.69, 9.17) is 0 Å². The van der Waals surface area contributed by atoms with E-state index >= 15 is 0 Å². The summed E-state index contributed by atoms with van der Waals surface area (Å²) in [5, 5.41) is 3.93. The monoisotopic (exact) mass is 295 g/mol. The number of hydrogen-bond acceptors (Lipinski definition) is 3. The molecule has 0 aliphatic heterocycles. The normalized spacial score (nSPS) is 11.1. The lowest BCUT2D eigenvalue weighted by Crippen LogP contribution is -2.13. The fraction of sp³-hybridized carbons (Fsp3) is 0. The third-order valence-corrected chi connectivity index (χ3v) is 3.88. The predicted octanol–water partition coefficient (Wildman–Crippen LogP) is 2.51. The molecular weight excluding hydrogens is 290 g/mol. The van der Waals surface area contributed by atoms with Crippen LogP contribution in [0.2, 0.25) is 0 Å². The van der Waals surface area contributed by atoms with Crippen molar-refractivity contribution < 1.29 is 0 Å². The highest BCUT2D eigenvalue weighted by Crippen LogP contribution is 2.29. The third-order valence-electron chi connectivity index (χ3n) is 2.22. The maximum Gasteiger partial charge on any atom is 0.274 e. The van der Waals surface area contributed by atoms with Gasteiger partial charge < -0.3 is 4.98 Å². The van der Waals surface area contributed by atoms with E-state index in [2.05, 4.69) is 26.0 Å². The number of thiophene rings is 1. The van der Waals surface area contributed by atoms with Crippen LogP contribution in [0.5, 0.6) is 0 Å². The first kappa shape index (κ1) is 9.80. The van der Waals surface area contributed by atoms with Gasteiger partial charge in [-0.15, -0.1) is 11.3 Å². The van der Waals surface area contributed by atoms with Gasteiger partial charge in [-0.1, -0.05) is 0 Å². The minimum atomic E-state index is -0.127. The molecule has 0 aliphatic rings. The fourth-order valence-electron chi connectivity index (χ4n) is 1.52. The van der Waals surface area contributed by atoms with Crippen LogP contribution in [0.3, 0.4) is 0 Å². The Morgan fingerprint density at radius 2 is 2.25 bits per heavy atom. The first-order valence-electron chi connectivity index (χ1n) is 4.57. The van der Waals surface area contributed by atoms with E-state index in [1.54, 1.807) is 29.7 Å². The lowest BCUT2D eigenvalue weighted by atomic mass is 10.3. The lowest BCUT2D eigenvalue weighted by Gasteiger charge is -1.98. The molecule has 0 fully saturated rings. The van der Waals surface area contributed by atoms with Crippen LogP contribution in [0.15, 0.2) is 39.0 Å². The van der Waals surface area contributed by atoms with Gasteiger partial charge in [-0.3, -0.25) is 4.79 Å². The fourth-order valence-corrected chi connectivity index (χ4v) is 2.88. The second-order valence-corrected chi connectivity index (χ2v) is 5.72. The van der Waals surface area contributed by atoms with Crippen LogP contribution in [-0.2, 0) is 0 Å². The molecule has 0 atom stereocenters. The average molecular weight is 296 g/mol. The van der Waals surface area contributed by atoms with Crippen LogP contribution < -0.4 is 5.56 Å². The van der Waals surface area contributed by atoms with E-state index in [9.17, 15) is 4.79 Å². The smallest absolute Gasteiger partial charge is 0.274 e. The quantitative estimate of drug-likeness (QED) is 0.750. The van der Waals surface area contributed by atoms with Gasteiger partial charge in [0.15, 0.2) is 0 Å². The highest BCUT2D eigenvalue weighted by atomic mass is 79.9. The van der Waals surface area contributed by atoms with Crippen molar-refractivity contribution in [2.24, 2.45) is 0 Å². The van der Waals surface area contributed by atoms with Crippen molar-refractivity contribution in [1.29, 1.82) is 0 Å². The molecule has 0 aromatic carbocycles. The molecule has 0 unspecified atom stereocenters. The second-order valence-electron chi connectivity index (χ2n) is 3.25. The summed E-state index contributed by atoms with van der Waals surface area (Å²) in [6.45, 7) is 0. The Labute approximate surface area is 103 Å². The zero-order valence-electron chi connectivity index (χ0n) is 7.98. The van der Waals surface area contributed by atoms with Gasteiger partial charge in [0, 0.05) is 12.1 Å². The molecule has 16 heavy (non-hydrogen) atoms. The average Bonchev–Trinajstić information content (AvgIpc) is 2.85. The molecule has 80 valence electrons. The SMILES string of the molecule is O=c1cc(-c2ccc(Br)s2)[nH]c2ccnn12. The minimum Gasteiger partial charge on any atom is -0.339 e. The Morgan fingerprint density at radius 3 is 3.00 bits per heavy atom. The maximum atomic E-state index is 11.7. The number of rotatable bonds is 1. The molecule has 0 radical (unpaired) electrons. The maximum absolute atomic E-state index is 11.7. The Hall–Kier alpha value is -1.40. The summed E-state index contributed by atoms with van der Waals surface area (Å²) in [7, 11) is 0. The zero-order chi connectivity index (χ0) is 11.1. The van der Waals surface area contributed by atoms with Crippen LogP contribution in [0.1, 0.15) is 0 Å². The lowest BCUT2D eigenvalue weighted by molar-refractivity contribution is 0.901. The van der Waals surface area contributed by atoms with Gasteiger partial charge in [-0.05, 0) is 28.1 Å². The summed E-state index contributed by atoms with van der Waals surface area (Å²) in [5.41, 5.74) is 1.39. The van der Waals surface area contributed by atoms with Gasteiger partial charge in [-0.2, -0.15) is 9.61 Å². The number of halogens is 1. The predicted molar refractivity (Wildman–Crippen MR) is 66.8 cm³/mol. The van der Waals surface area contributed by atoms with Gasteiger partial charge in [-0.25, -0.2) is 0 Å². The summed E-state index contributed by atoms with van der Waals surface area (Å²) >= 11 is 4.98. The molecule has 6 heteroatoms. The molecule has 3 aromatic rings. The molecule has 3 aromatic heterocycles. The van der Waals surface area contributed by atoms with E-state index in [0.29, 0.717) is 5.65 Å². The Kier molecular flexibility index (Phi) is 2.19. The first-order chi connectivity index (χ1) is 7.74. The molecule has 0 spiro atoms. The van der Waals surface area contributed by atoms with Crippen LogP contribution in [0.25, 0.3) is 16.2 Å². The largest absolute Gasteiger partial charge is 0.339 e. The molecule has 1 N–H and O–H groups in total. The van der Waals surface area contributed by atoms with E-state index in [1.165, 1.54) is 4.52 Å². The van der Waals surface area contributed by atoms with Crippen molar-refractivity contribution in [2.45, 2.75) is 0 Å². The summed E-state index contributed by atoms with van der Waals surface area (Å²) in [6, 6.07) is 7.25. The Bertz CT molecular complexity index is 712. The molecular formula is C10H6BrN3OS. The van der Waals surface area contributed by atoms with Gasteiger partial charge >= 0.3 is 0 Å². The molecule has 0 saturated carbocycles. The molecule has 3 rings (SSSR count). The molecule has 4 nitrogen and oxygen atoms in total. The van der Waals surface area contributed by atoms with Gasteiger partial charge in [0.1, 0.15) is 5.65 Å². The Balaban J connectivity index is 2.28. The number of nitrogens with one attached hydrogen (secondary N) is 1. The van der Waals surface area contributed by atoms with Crippen molar-refractivity contribution in [3.8, 4) is 10.6 Å². The van der Waals surface area contributed by atoms with E-state index < -0.39 is 0 Å². The van der Waals surface area contributed by atoms with Crippen LogP contribution in [-0.4, -0.2) is 14.6 Å². The Morgan fingerprint density at radius 1 is 1.38 bits per heavy atom. The number of hydrogen-bond donors (Lipinski definition) is 1. The van der Waals surface area contributed by atoms with Crippen LogP contribution >= 0.6 is 27.3 Å². The van der Waals surface area contributed by atoms with Crippen molar-refractivity contribution in [2.75, 3.05) is 0 Å². The summed E-state index contributed by atoms with van der Waals surface area (Å²) < 4.78 is 2.38. The zero-order valence-corrected chi connectivity index (χ0v) is 10.4. The third kappa shape index (κ3) is 1.50. The standard InChI is InChI=1S/C10H6BrN3OS/c11-8-2-1-7(16-8)6-5-10(15)14-9(13-6)3-4-12-14/h1-5,13H. The number of aromatic nitrogens is 3. The molecule has 0 amide bonds. The molecule has 0 aliphatic carbocycles. The summed E-state index contributed by atoms with van der Waals surface area (Å²) in [6.07, 6.45) is 1.60. The molecule has 0 bridgehead atoms. The summed E-state index contributed by atoms with van der Waals surface area (Å²) in [4.78, 5) is 15.9. The van der Waals surface area contributed by atoms with Crippen LogP contribution in [0.4, 0.5) is 0 Å².